The molecule has 0 fully saturated rings. The maximum atomic E-state index is 12.5. The minimum absolute atomic E-state index is 0.0832. The van der Waals surface area contributed by atoms with Crippen molar-refractivity contribution < 1.29 is 19.4 Å². The molecule has 2 aromatic carbocycles. The summed E-state index contributed by atoms with van der Waals surface area (Å²) in [6.07, 6.45) is 5.75. The van der Waals surface area contributed by atoms with Gasteiger partial charge in [-0.15, -0.1) is 0 Å². The van der Waals surface area contributed by atoms with Gasteiger partial charge in [-0.3, -0.25) is 4.79 Å². The Hall–Kier alpha value is -3.17. The van der Waals surface area contributed by atoms with Gasteiger partial charge in [-0.2, -0.15) is 5.26 Å². The Labute approximate surface area is 188 Å². The van der Waals surface area contributed by atoms with Crippen LogP contribution in [0.25, 0.3) is 6.08 Å². The van der Waals surface area contributed by atoms with Crippen LogP contribution in [-0.4, -0.2) is 24.2 Å². The Bertz CT molecular complexity index is 949. The molecule has 0 heterocycles. The molecule has 0 aliphatic heterocycles. The number of carbonyl (C=O) groups excluding carboxylic acids is 1. The van der Waals surface area contributed by atoms with E-state index >= 15 is 0 Å². The smallest absolute Gasteiger partial charge is 0.266 e. The number of benzene rings is 2. The number of ether oxygens (including phenoxy) is 2. The molecule has 6 nitrogen and oxygen atoms in total. The molecule has 7 heteroatoms. The fourth-order valence-corrected chi connectivity index (χ4v) is 3.11. The third-order valence-electron chi connectivity index (χ3n) is 4.38. The van der Waals surface area contributed by atoms with E-state index in [1.165, 1.54) is 18.2 Å². The number of halogens is 1. The number of amides is 1. The highest BCUT2D eigenvalue weighted by Crippen LogP contribution is 2.37. The third-order valence-corrected chi connectivity index (χ3v) is 4.66. The molecule has 0 aliphatic rings. The van der Waals surface area contributed by atoms with Gasteiger partial charge in [-0.25, -0.2) is 0 Å². The van der Waals surface area contributed by atoms with E-state index in [1.807, 2.05) is 13.0 Å². The lowest BCUT2D eigenvalue weighted by atomic mass is 10.1. The number of hydrogen-bond donors (Lipinski definition) is 2. The number of hydrogen-bond acceptors (Lipinski definition) is 5. The first-order valence-electron chi connectivity index (χ1n) is 10.3. The van der Waals surface area contributed by atoms with Gasteiger partial charge in [-0.05, 0) is 61.4 Å². The summed E-state index contributed by atoms with van der Waals surface area (Å²) in [6.45, 7) is 4.96. The van der Waals surface area contributed by atoms with Crippen LogP contribution in [0.1, 0.15) is 45.1 Å². The number of anilines is 1. The van der Waals surface area contributed by atoms with Gasteiger partial charge in [-0.1, -0.05) is 37.8 Å². The van der Waals surface area contributed by atoms with Crippen LogP contribution in [0.15, 0.2) is 42.0 Å². The summed E-state index contributed by atoms with van der Waals surface area (Å²) >= 11 is 6.42. The number of nitrogens with zero attached hydrogens (tertiary/aromatic N) is 1. The first-order valence-corrected chi connectivity index (χ1v) is 10.7. The molecule has 2 aromatic rings. The van der Waals surface area contributed by atoms with Crippen LogP contribution >= 0.6 is 11.6 Å². The van der Waals surface area contributed by atoms with Crippen LogP contribution in [0, 0.1) is 11.3 Å². The molecule has 0 saturated heterocycles. The van der Waals surface area contributed by atoms with Crippen molar-refractivity contribution in [1.29, 1.82) is 5.26 Å². The van der Waals surface area contributed by atoms with Gasteiger partial charge in [0.15, 0.2) is 11.5 Å². The quantitative estimate of drug-likeness (QED) is 0.194. The predicted octanol–water partition coefficient (Wildman–Crippen LogP) is 5.95. The molecular formula is C24H27ClN2O4. The highest BCUT2D eigenvalue weighted by atomic mass is 35.5. The van der Waals surface area contributed by atoms with Crippen molar-refractivity contribution in [1.82, 2.24) is 0 Å². The lowest BCUT2D eigenvalue weighted by Gasteiger charge is -2.14. The Balaban J connectivity index is 2.20. The van der Waals surface area contributed by atoms with Crippen molar-refractivity contribution >= 4 is 29.3 Å². The first-order chi connectivity index (χ1) is 15.0. The maximum Gasteiger partial charge on any atom is 0.266 e. The van der Waals surface area contributed by atoms with Gasteiger partial charge < -0.3 is 19.9 Å². The summed E-state index contributed by atoms with van der Waals surface area (Å²) < 4.78 is 11.5. The van der Waals surface area contributed by atoms with Gasteiger partial charge in [0, 0.05) is 5.69 Å². The van der Waals surface area contributed by atoms with E-state index < -0.39 is 5.91 Å². The maximum absolute atomic E-state index is 12.5. The highest BCUT2D eigenvalue weighted by molar-refractivity contribution is 6.32. The standard InChI is InChI=1S/C24H27ClN2O4/c1-3-5-6-7-12-31-23-21(25)14-17(15-22(23)30-4-2)13-18(16-26)24(29)27-19-8-10-20(28)11-9-19/h8-11,13-15,28H,3-7,12H2,1-2H3,(H,27,29)/b18-13+. The van der Waals surface area contributed by atoms with Crippen LogP contribution in [0.5, 0.6) is 17.2 Å². The van der Waals surface area contributed by atoms with E-state index in [1.54, 1.807) is 24.3 Å². The second-order valence-corrected chi connectivity index (χ2v) is 7.25. The van der Waals surface area contributed by atoms with Crippen LogP contribution < -0.4 is 14.8 Å². The normalized spacial score (nSPS) is 11.0. The molecule has 2 rings (SSSR count). The molecule has 0 spiro atoms. The number of unbranched alkanes of at least 4 members (excludes halogenated alkanes) is 3. The molecule has 0 aliphatic carbocycles. The second-order valence-electron chi connectivity index (χ2n) is 6.84. The van der Waals surface area contributed by atoms with E-state index in [4.69, 9.17) is 21.1 Å². The summed E-state index contributed by atoms with van der Waals surface area (Å²) in [4.78, 5) is 12.5. The minimum atomic E-state index is -0.571. The Morgan fingerprint density at radius 1 is 1.16 bits per heavy atom. The first kappa shape index (κ1) is 24.1. The Morgan fingerprint density at radius 2 is 1.90 bits per heavy atom. The van der Waals surface area contributed by atoms with E-state index in [0.29, 0.717) is 41.0 Å². The van der Waals surface area contributed by atoms with Gasteiger partial charge in [0.05, 0.1) is 18.2 Å². The summed E-state index contributed by atoms with van der Waals surface area (Å²) in [7, 11) is 0. The molecule has 2 N–H and O–H groups in total. The summed E-state index contributed by atoms with van der Waals surface area (Å²) in [5, 5.41) is 21.8. The molecule has 0 saturated carbocycles. The monoisotopic (exact) mass is 442 g/mol. The minimum Gasteiger partial charge on any atom is -0.508 e. The number of aromatic hydroxyl groups is 1. The number of nitrogens with one attached hydrogen (secondary N) is 1. The molecule has 0 atom stereocenters. The van der Waals surface area contributed by atoms with Crippen molar-refractivity contribution in [3.8, 4) is 23.3 Å². The van der Waals surface area contributed by atoms with E-state index in [-0.39, 0.29) is 11.3 Å². The van der Waals surface area contributed by atoms with E-state index in [0.717, 1.165) is 25.7 Å². The molecule has 1 amide bonds. The van der Waals surface area contributed by atoms with Crippen molar-refractivity contribution in [2.45, 2.75) is 39.5 Å². The van der Waals surface area contributed by atoms with Gasteiger partial charge >= 0.3 is 0 Å². The van der Waals surface area contributed by atoms with Gasteiger partial charge in [0.2, 0.25) is 0 Å². The Morgan fingerprint density at radius 3 is 2.55 bits per heavy atom. The van der Waals surface area contributed by atoms with E-state index in [9.17, 15) is 15.2 Å². The fraction of sp³-hybridized carbons (Fsp3) is 0.333. The molecule has 0 bridgehead atoms. The average molecular weight is 443 g/mol. The number of rotatable bonds is 11. The van der Waals surface area contributed by atoms with Crippen LogP contribution in [0.3, 0.4) is 0 Å². The molecule has 0 aromatic heterocycles. The lowest BCUT2D eigenvalue weighted by molar-refractivity contribution is -0.112. The van der Waals surface area contributed by atoms with Crippen LogP contribution in [-0.2, 0) is 4.79 Å². The van der Waals surface area contributed by atoms with Crippen molar-refractivity contribution in [2.24, 2.45) is 0 Å². The summed E-state index contributed by atoms with van der Waals surface area (Å²) in [5.41, 5.74) is 0.910. The van der Waals surface area contributed by atoms with Crippen LogP contribution in [0.2, 0.25) is 5.02 Å². The Kier molecular flexibility index (Phi) is 9.73. The molecule has 31 heavy (non-hydrogen) atoms. The molecule has 164 valence electrons. The molecule has 0 radical (unpaired) electrons. The number of phenols is 1. The number of carbonyl (C=O) groups is 1. The third kappa shape index (κ3) is 7.54. The average Bonchev–Trinajstić information content (AvgIpc) is 2.75. The molecule has 0 unspecified atom stereocenters. The summed E-state index contributed by atoms with van der Waals surface area (Å²) in [5.74, 6) is 0.440. The zero-order valence-corrected chi connectivity index (χ0v) is 18.5. The second kappa shape index (κ2) is 12.5. The zero-order valence-electron chi connectivity index (χ0n) is 17.8. The zero-order chi connectivity index (χ0) is 22.6. The lowest BCUT2D eigenvalue weighted by Crippen LogP contribution is -2.13. The SMILES string of the molecule is CCCCCCOc1c(Cl)cc(/C=C(\C#N)C(=O)Nc2ccc(O)cc2)cc1OCC. The van der Waals surface area contributed by atoms with E-state index in [2.05, 4.69) is 12.2 Å². The van der Waals surface area contributed by atoms with Crippen molar-refractivity contribution in [2.75, 3.05) is 18.5 Å². The van der Waals surface area contributed by atoms with Crippen molar-refractivity contribution in [3.63, 3.8) is 0 Å². The predicted molar refractivity (Wildman–Crippen MR) is 123 cm³/mol. The summed E-state index contributed by atoms with van der Waals surface area (Å²) in [6, 6.07) is 11.2. The topological polar surface area (TPSA) is 91.6 Å². The number of nitriles is 1. The van der Waals surface area contributed by atoms with Crippen LogP contribution in [0.4, 0.5) is 5.69 Å². The van der Waals surface area contributed by atoms with Gasteiger partial charge in [0.1, 0.15) is 17.4 Å². The van der Waals surface area contributed by atoms with Crippen molar-refractivity contribution in [3.05, 3.63) is 52.6 Å². The number of phenolic OH excluding ortho intramolecular Hbond substituents is 1. The largest absolute Gasteiger partial charge is 0.508 e. The fourth-order valence-electron chi connectivity index (χ4n) is 2.84. The van der Waals surface area contributed by atoms with Gasteiger partial charge in [0.25, 0.3) is 5.91 Å². The molecular weight excluding hydrogens is 416 g/mol. The highest BCUT2D eigenvalue weighted by Gasteiger charge is 2.15.